The molecule has 2 aliphatic rings. The van der Waals surface area contributed by atoms with Crippen LogP contribution in [0.5, 0.6) is 0 Å². The molecule has 232 valence electrons. The molecule has 9 rings (SSSR count). The van der Waals surface area contributed by atoms with E-state index in [1.54, 1.807) is 0 Å². The van der Waals surface area contributed by atoms with Crippen molar-refractivity contribution < 1.29 is 4.79 Å². The molecule has 0 saturated carbocycles. The number of benzene rings is 3. The average molecular weight is 649 g/mol. The van der Waals surface area contributed by atoms with Crippen LogP contribution < -0.4 is 0 Å². The fourth-order valence-electron chi connectivity index (χ4n) is 6.70. The number of H-pyrrole nitrogens is 1. The highest BCUT2D eigenvalue weighted by Crippen LogP contribution is 2.37. The van der Waals surface area contributed by atoms with Crippen LogP contribution in [0.15, 0.2) is 139 Å². The van der Waals surface area contributed by atoms with Gasteiger partial charge in [-0.15, -0.1) is 11.3 Å². The van der Waals surface area contributed by atoms with Gasteiger partial charge in [0.1, 0.15) is 0 Å². The van der Waals surface area contributed by atoms with Crippen molar-refractivity contribution in [2.75, 3.05) is 0 Å². The van der Waals surface area contributed by atoms with E-state index in [-0.39, 0.29) is 5.91 Å². The Kier molecular flexibility index (Phi) is 7.07. The maximum Gasteiger partial charge on any atom is 0.272 e. The summed E-state index contributed by atoms with van der Waals surface area (Å²) in [5.41, 5.74) is 12.5. The minimum atomic E-state index is -0.0972. The molecule has 6 heterocycles. The predicted molar refractivity (Wildman–Crippen MR) is 203 cm³/mol. The quantitative estimate of drug-likeness (QED) is 0.207. The van der Waals surface area contributed by atoms with Gasteiger partial charge < -0.3 is 4.98 Å². The number of nitrogens with one attached hydrogen (secondary N) is 1. The Balaban J connectivity index is 1.48. The lowest BCUT2D eigenvalue weighted by atomic mass is 10.0. The number of hydrogen-bond donors (Lipinski definition) is 1. The first-order chi connectivity index (χ1) is 24.2. The van der Waals surface area contributed by atoms with Crippen LogP contribution >= 0.6 is 11.3 Å². The van der Waals surface area contributed by atoms with Crippen molar-refractivity contribution in [1.29, 1.82) is 0 Å². The van der Waals surface area contributed by atoms with E-state index < -0.39 is 0 Å². The van der Waals surface area contributed by atoms with Crippen molar-refractivity contribution in [2.45, 2.75) is 0 Å². The fraction of sp³-hybridized carbons (Fsp3) is 0. The van der Waals surface area contributed by atoms with Crippen LogP contribution in [0.1, 0.15) is 32.4 Å². The number of thiophene rings is 1. The Hall–Kier alpha value is -6.37. The normalized spacial score (nSPS) is 12.0. The first-order valence-corrected chi connectivity index (χ1v) is 17.0. The van der Waals surface area contributed by atoms with Gasteiger partial charge in [0.05, 0.1) is 38.7 Å². The topological polar surface area (TPSA) is 63.6 Å². The van der Waals surface area contributed by atoms with Gasteiger partial charge in [-0.3, -0.25) is 9.36 Å². The molecular formula is C43H28N4OS. The molecule has 0 unspecified atom stereocenters. The fourth-order valence-corrected chi connectivity index (χ4v) is 7.35. The van der Waals surface area contributed by atoms with Crippen molar-refractivity contribution in [3.63, 3.8) is 0 Å². The number of aromatic amines is 1. The lowest BCUT2D eigenvalue weighted by Gasteiger charge is -2.10. The van der Waals surface area contributed by atoms with Gasteiger partial charge in [-0.2, -0.15) is 0 Å². The molecule has 0 aliphatic carbocycles. The number of carbonyl (C=O) groups excluding carboxylic acids is 1. The number of nitrogens with zero attached hydrogens (tertiary/aromatic N) is 3. The highest BCUT2D eigenvalue weighted by Gasteiger charge is 2.20. The number of fused-ring (bicyclic) bond motifs is 8. The molecule has 6 heteroatoms. The van der Waals surface area contributed by atoms with Gasteiger partial charge in [0, 0.05) is 27.7 Å². The summed E-state index contributed by atoms with van der Waals surface area (Å²) >= 11 is 1.43. The molecular weight excluding hydrogens is 621 g/mol. The minimum absolute atomic E-state index is 0.0972. The van der Waals surface area contributed by atoms with Crippen molar-refractivity contribution in [1.82, 2.24) is 19.5 Å². The smallest absolute Gasteiger partial charge is 0.272 e. The van der Waals surface area contributed by atoms with Gasteiger partial charge in [0.25, 0.3) is 5.91 Å². The average Bonchev–Trinajstić information content (AvgIpc) is 4.00. The van der Waals surface area contributed by atoms with Gasteiger partial charge in [-0.25, -0.2) is 9.97 Å². The van der Waals surface area contributed by atoms with Crippen LogP contribution in [0.25, 0.3) is 79.8 Å². The summed E-state index contributed by atoms with van der Waals surface area (Å²) in [6.45, 7) is 0. The molecule has 49 heavy (non-hydrogen) atoms. The van der Waals surface area contributed by atoms with E-state index in [0.29, 0.717) is 4.88 Å². The zero-order chi connectivity index (χ0) is 32.7. The van der Waals surface area contributed by atoms with Crippen LogP contribution in [0.3, 0.4) is 0 Å². The highest BCUT2D eigenvalue weighted by atomic mass is 32.1. The SMILES string of the molecule is O=C(c1cccs1)n1c2ccc1c(-c1ccccc1)c1nc(c(-c3ccccc3)c3ccc([nH]3)c(-c3ccccc3)c3nc(c2)C=C3)C=C1. The third-order valence-electron chi connectivity index (χ3n) is 8.88. The Labute approximate surface area is 286 Å². The standard InChI is InChI=1S/C43H28N4OS/c48-43(39-17-10-26-49-39)47-32-19-25-38(47)42(30-15-8-3-9-16-30)37-24-23-36(46-37)41(29-13-6-2-7-14-29)35-22-21-34(45-35)40(28-11-4-1-5-12-28)33-20-18-31(27-32)44-33/h1-27,45H. The summed E-state index contributed by atoms with van der Waals surface area (Å²) in [4.78, 5) is 29.3. The van der Waals surface area contributed by atoms with Crippen molar-refractivity contribution in [3.05, 3.63) is 166 Å². The first kappa shape index (κ1) is 28.8. The summed E-state index contributed by atoms with van der Waals surface area (Å²) in [6.07, 6.45) is 8.20. The second-order valence-electron chi connectivity index (χ2n) is 11.9. The number of hydrogen-bond acceptors (Lipinski definition) is 4. The van der Waals surface area contributed by atoms with Gasteiger partial charge >= 0.3 is 0 Å². The summed E-state index contributed by atoms with van der Waals surface area (Å²) in [5.74, 6) is -0.0972. The lowest BCUT2D eigenvalue weighted by molar-refractivity contribution is 0.0973. The second-order valence-corrected chi connectivity index (χ2v) is 12.8. The predicted octanol–water partition coefficient (Wildman–Crippen LogP) is 10.9. The third-order valence-corrected chi connectivity index (χ3v) is 9.74. The van der Waals surface area contributed by atoms with Crippen molar-refractivity contribution in [2.24, 2.45) is 0 Å². The Bertz CT molecular complexity index is 2600. The van der Waals surface area contributed by atoms with Crippen molar-refractivity contribution in [3.8, 4) is 33.4 Å². The third kappa shape index (κ3) is 5.15. The molecule has 0 spiro atoms. The number of aromatic nitrogens is 4. The Morgan fingerprint density at radius 3 is 1.69 bits per heavy atom. The van der Waals surface area contributed by atoms with E-state index in [4.69, 9.17) is 9.97 Å². The van der Waals surface area contributed by atoms with Crippen LogP contribution in [-0.2, 0) is 0 Å². The van der Waals surface area contributed by atoms with E-state index >= 15 is 0 Å². The zero-order valence-corrected chi connectivity index (χ0v) is 27.1. The van der Waals surface area contributed by atoms with E-state index in [1.807, 2.05) is 88.8 Å². The second kappa shape index (κ2) is 12.0. The molecule has 3 aromatic carbocycles. The van der Waals surface area contributed by atoms with Crippen molar-refractivity contribution >= 4 is 63.6 Å². The van der Waals surface area contributed by atoms with Gasteiger partial charge in [0.2, 0.25) is 0 Å². The molecule has 0 amide bonds. The van der Waals surface area contributed by atoms with Crippen LogP contribution in [0.2, 0.25) is 0 Å². The maximum absolute atomic E-state index is 14.4. The number of rotatable bonds is 4. The van der Waals surface area contributed by atoms with Crippen LogP contribution in [-0.4, -0.2) is 25.4 Å². The van der Waals surface area contributed by atoms with Crippen LogP contribution in [0, 0.1) is 0 Å². The molecule has 1 N–H and O–H groups in total. The number of carbonyl (C=O) groups is 1. The molecule has 8 bridgehead atoms. The molecule has 2 aliphatic heterocycles. The Morgan fingerprint density at radius 1 is 0.551 bits per heavy atom. The van der Waals surface area contributed by atoms with E-state index in [2.05, 4.69) is 83.9 Å². The molecule has 4 aromatic heterocycles. The van der Waals surface area contributed by atoms with E-state index in [1.165, 1.54) is 11.3 Å². The molecule has 0 saturated heterocycles. The molecule has 0 fully saturated rings. The molecule has 7 aromatic rings. The van der Waals surface area contributed by atoms with Gasteiger partial charge in [-0.1, -0.05) is 97.1 Å². The zero-order valence-electron chi connectivity index (χ0n) is 26.2. The summed E-state index contributed by atoms with van der Waals surface area (Å²) < 4.78 is 1.81. The maximum atomic E-state index is 14.4. The summed E-state index contributed by atoms with van der Waals surface area (Å²) in [5, 5.41) is 1.93. The van der Waals surface area contributed by atoms with E-state index in [0.717, 1.165) is 78.2 Å². The van der Waals surface area contributed by atoms with Gasteiger partial charge in [-0.05, 0) is 82.8 Å². The Morgan fingerprint density at radius 2 is 1.10 bits per heavy atom. The monoisotopic (exact) mass is 648 g/mol. The lowest BCUT2D eigenvalue weighted by Crippen LogP contribution is -2.10. The minimum Gasteiger partial charge on any atom is -0.354 e. The molecule has 5 nitrogen and oxygen atoms in total. The molecule has 0 radical (unpaired) electrons. The highest BCUT2D eigenvalue weighted by molar-refractivity contribution is 7.12. The largest absolute Gasteiger partial charge is 0.354 e. The first-order valence-electron chi connectivity index (χ1n) is 16.1. The molecule has 0 atom stereocenters. The van der Waals surface area contributed by atoms with Crippen LogP contribution in [0.4, 0.5) is 0 Å². The van der Waals surface area contributed by atoms with Gasteiger partial charge in [0.15, 0.2) is 0 Å². The summed E-state index contributed by atoms with van der Waals surface area (Å²) in [7, 11) is 0. The van der Waals surface area contributed by atoms with E-state index in [9.17, 15) is 4.79 Å². The summed E-state index contributed by atoms with van der Waals surface area (Å²) in [6, 6.07) is 44.9.